The Morgan fingerprint density at radius 1 is 1.15 bits per heavy atom. The van der Waals surface area contributed by atoms with Crippen LogP contribution in [-0.4, -0.2) is 22.5 Å². The summed E-state index contributed by atoms with van der Waals surface area (Å²) in [6.45, 7) is 0.722. The third-order valence-corrected chi connectivity index (χ3v) is 4.65. The molecule has 1 aliphatic heterocycles. The maximum Gasteiger partial charge on any atom is 0.416 e. The van der Waals surface area contributed by atoms with Crippen molar-refractivity contribution in [2.75, 3.05) is 11.9 Å². The summed E-state index contributed by atoms with van der Waals surface area (Å²) in [5.41, 5.74) is 1.64. The average Bonchev–Trinajstić information content (AvgIpc) is 2.98. The number of rotatable bonds is 1. The first-order valence-electron chi connectivity index (χ1n) is 8.33. The van der Waals surface area contributed by atoms with Gasteiger partial charge in [0.15, 0.2) is 0 Å². The van der Waals surface area contributed by atoms with Crippen molar-refractivity contribution in [2.24, 2.45) is 0 Å². The highest BCUT2D eigenvalue weighted by Gasteiger charge is 2.32. The first kappa shape index (κ1) is 17.4. The molecular formula is C19H15F4N3O. The molecule has 27 heavy (non-hydrogen) atoms. The number of halogens is 4. The Kier molecular flexibility index (Phi) is 4.05. The summed E-state index contributed by atoms with van der Waals surface area (Å²) in [5.74, 6) is -1.06. The van der Waals surface area contributed by atoms with E-state index in [1.165, 1.54) is 4.90 Å². The molecule has 4 nitrogen and oxygen atoms in total. The second-order valence-electron chi connectivity index (χ2n) is 6.46. The van der Waals surface area contributed by atoms with Crippen LogP contribution in [0.3, 0.4) is 0 Å². The van der Waals surface area contributed by atoms with E-state index in [9.17, 15) is 22.4 Å². The number of benzene rings is 2. The smallest absolute Gasteiger partial charge is 0.357 e. The Morgan fingerprint density at radius 3 is 2.70 bits per heavy atom. The molecule has 0 fully saturated rings. The van der Waals surface area contributed by atoms with E-state index in [0.29, 0.717) is 25.6 Å². The summed E-state index contributed by atoms with van der Waals surface area (Å²) in [4.78, 5) is 17.2. The first-order valence-corrected chi connectivity index (χ1v) is 8.33. The number of anilines is 1. The van der Waals surface area contributed by atoms with E-state index in [-0.39, 0.29) is 5.69 Å². The molecule has 2 heterocycles. The number of carbonyl (C=O) groups excluding carboxylic acids is 1. The van der Waals surface area contributed by atoms with Gasteiger partial charge in [-0.15, -0.1) is 0 Å². The van der Waals surface area contributed by atoms with Crippen LogP contribution in [0.5, 0.6) is 0 Å². The first-order chi connectivity index (χ1) is 12.8. The topological polar surface area (TPSA) is 48.1 Å². The summed E-state index contributed by atoms with van der Waals surface area (Å²) in [7, 11) is 0. The van der Waals surface area contributed by atoms with Crippen LogP contribution < -0.4 is 5.32 Å². The highest BCUT2D eigenvalue weighted by Crippen LogP contribution is 2.32. The molecule has 0 atom stereocenters. The number of carbonyl (C=O) groups is 1. The zero-order chi connectivity index (χ0) is 19.2. The van der Waals surface area contributed by atoms with Gasteiger partial charge < -0.3 is 15.2 Å². The number of hydrogen-bond donors (Lipinski definition) is 2. The quantitative estimate of drug-likeness (QED) is 0.582. The minimum Gasteiger partial charge on any atom is -0.357 e. The minimum atomic E-state index is -4.69. The number of hydrogen-bond acceptors (Lipinski definition) is 1. The monoisotopic (exact) mass is 377 g/mol. The van der Waals surface area contributed by atoms with Gasteiger partial charge in [-0.05, 0) is 36.2 Å². The van der Waals surface area contributed by atoms with E-state index in [4.69, 9.17) is 0 Å². The van der Waals surface area contributed by atoms with E-state index >= 15 is 0 Å². The number of urea groups is 1. The molecule has 0 saturated carbocycles. The molecule has 0 radical (unpaired) electrons. The molecule has 2 amide bonds. The van der Waals surface area contributed by atoms with Crippen molar-refractivity contribution in [3.8, 4) is 0 Å². The number of fused-ring (bicyclic) bond motifs is 3. The Morgan fingerprint density at radius 2 is 1.93 bits per heavy atom. The van der Waals surface area contributed by atoms with Gasteiger partial charge in [-0.1, -0.05) is 18.2 Å². The van der Waals surface area contributed by atoms with Gasteiger partial charge in [0.05, 0.1) is 12.1 Å². The average molecular weight is 377 g/mol. The van der Waals surface area contributed by atoms with Crippen LogP contribution >= 0.6 is 0 Å². The Balaban J connectivity index is 1.54. The van der Waals surface area contributed by atoms with Crippen molar-refractivity contribution >= 4 is 22.6 Å². The second kappa shape index (κ2) is 6.29. The van der Waals surface area contributed by atoms with E-state index < -0.39 is 23.6 Å². The Labute approximate surface area is 151 Å². The van der Waals surface area contributed by atoms with E-state index in [2.05, 4.69) is 10.3 Å². The number of H-pyrrole nitrogens is 1. The predicted molar refractivity (Wildman–Crippen MR) is 92.8 cm³/mol. The number of nitrogens with zero attached hydrogens (tertiary/aromatic N) is 1. The summed E-state index contributed by atoms with van der Waals surface area (Å²) in [6, 6.07) is 9.22. The number of amides is 2. The SMILES string of the molecule is O=C(Nc1cc(F)cc(C(F)(F)F)c1)N1CCc2c([nH]c3ccccc23)C1. The van der Waals surface area contributed by atoms with Crippen LogP contribution in [0.2, 0.25) is 0 Å². The Hall–Kier alpha value is -3.03. The molecule has 0 aliphatic carbocycles. The van der Waals surface area contributed by atoms with Crippen molar-refractivity contribution in [2.45, 2.75) is 19.1 Å². The molecule has 2 N–H and O–H groups in total. The van der Waals surface area contributed by atoms with Crippen LogP contribution in [0.1, 0.15) is 16.8 Å². The van der Waals surface area contributed by atoms with Gasteiger partial charge in [-0.3, -0.25) is 0 Å². The second-order valence-corrected chi connectivity index (χ2v) is 6.46. The molecule has 0 unspecified atom stereocenters. The lowest BCUT2D eigenvalue weighted by Gasteiger charge is -2.27. The number of nitrogens with one attached hydrogen (secondary N) is 2. The highest BCUT2D eigenvalue weighted by molar-refractivity contribution is 5.90. The largest absolute Gasteiger partial charge is 0.416 e. The van der Waals surface area contributed by atoms with Crippen LogP contribution in [0.15, 0.2) is 42.5 Å². The number of alkyl halides is 3. The van der Waals surface area contributed by atoms with Crippen LogP contribution in [0.25, 0.3) is 10.9 Å². The van der Waals surface area contributed by atoms with Crippen molar-refractivity contribution in [1.29, 1.82) is 0 Å². The lowest BCUT2D eigenvalue weighted by Crippen LogP contribution is -2.38. The fourth-order valence-corrected chi connectivity index (χ4v) is 3.39. The zero-order valence-corrected chi connectivity index (χ0v) is 14.0. The van der Waals surface area contributed by atoms with Crippen molar-refractivity contribution in [3.05, 3.63) is 65.1 Å². The molecular weight excluding hydrogens is 362 g/mol. The van der Waals surface area contributed by atoms with Crippen LogP contribution in [-0.2, 0) is 19.1 Å². The molecule has 1 aromatic heterocycles. The van der Waals surface area contributed by atoms with Gasteiger partial charge in [0.2, 0.25) is 0 Å². The van der Waals surface area contributed by atoms with Gasteiger partial charge >= 0.3 is 12.2 Å². The standard InChI is InChI=1S/C19H15F4N3O/c20-12-7-11(19(21,22)23)8-13(9-12)24-18(27)26-6-5-15-14-3-1-2-4-16(14)25-17(15)10-26/h1-4,7-9,25H,5-6,10H2,(H,24,27). The third kappa shape index (κ3) is 3.34. The van der Waals surface area contributed by atoms with Gasteiger partial charge in [0, 0.05) is 28.8 Å². The summed E-state index contributed by atoms with van der Waals surface area (Å²) < 4.78 is 51.9. The third-order valence-electron chi connectivity index (χ3n) is 4.65. The molecule has 0 saturated heterocycles. The number of para-hydroxylation sites is 1. The fourth-order valence-electron chi connectivity index (χ4n) is 3.39. The summed E-state index contributed by atoms with van der Waals surface area (Å²) in [5, 5.41) is 3.47. The molecule has 0 bridgehead atoms. The Bertz CT molecular complexity index is 1030. The normalized spacial score (nSPS) is 14.3. The molecule has 2 aromatic carbocycles. The van der Waals surface area contributed by atoms with E-state index in [0.717, 1.165) is 34.3 Å². The molecule has 4 rings (SSSR count). The van der Waals surface area contributed by atoms with Gasteiger partial charge in [-0.2, -0.15) is 13.2 Å². The minimum absolute atomic E-state index is 0.227. The van der Waals surface area contributed by atoms with E-state index in [1.54, 1.807) is 0 Å². The molecule has 8 heteroatoms. The number of aromatic nitrogens is 1. The van der Waals surface area contributed by atoms with Gasteiger partial charge in [-0.25, -0.2) is 9.18 Å². The van der Waals surface area contributed by atoms with Crippen LogP contribution in [0, 0.1) is 5.82 Å². The van der Waals surface area contributed by atoms with Crippen molar-refractivity contribution in [1.82, 2.24) is 9.88 Å². The van der Waals surface area contributed by atoms with Crippen molar-refractivity contribution < 1.29 is 22.4 Å². The fraction of sp³-hybridized carbons (Fsp3) is 0.211. The van der Waals surface area contributed by atoms with Gasteiger partial charge in [0.1, 0.15) is 5.82 Å². The summed E-state index contributed by atoms with van der Waals surface area (Å²) in [6.07, 6.45) is -4.06. The number of aromatic amines is 1. The lowest BCUT2D eigenvalue weighted by molar-refractivity contribution is -0.137. The maximum absolute atomic E-state index is 13.5. The predicted octanol–water partition coefficient (Wildman–Crippen LogP) is 4.92. The molecule has 140 valence electrons. The molecule has 3 aromatic rings. The van der Waals surface area contributed by atoms with Crippen molar-refractivity contribution in [3.63, 3.8) is 0 Å². The van der Waals surface area contributed by atoms with Gasteiger partial charge in [0.25, 0.3) is 0 Å². The molecule has 0 spiro atoms. The lowest BCUT2D eigenvalue weighted by atomic mass is 10.0. The van der Waals surface area contributed by atoms with Crippen LogP contribution in [0.4, 0.5) is 28.0 Å². The summed E-state index contributed by atoms with van der Waals surface area (Å²) >= 11 is 0. The zero-order valence-electron chi connectivity index (χ0n) is 14.0. The van der Waals surface area contributed by atoms with E-state index in [1.807, 2.05) is 24.3 Å². The molecule has 1 aliphatic rings. The maximum atomic E-state index is 13.5. The highest BCUT2D eigenvalue weighted by atomic mass is 19.4.